The maximum absolute atomic E-state index is 12.2. The van der Waals surface area contributed by atoms with E-state index in [0.717, 1.165) is 24.8 Å². The number of aliphatic hydroxyl groups is 1. The van der Waals surface area contributed by atoms with Crippen molar-refractivity contribution in [3.8, 4) is 0 Å². The molecule has 0 spiro atoms. The van der Waals surface area contributed by atoms with Crippen molar-refractivity contribution in [3.05, 3.63) is 29.6 Å². The van der Waals surface area contributed by atoms with Crippen LogP contribution in [0.3, 0.4) is 0 Å². The fourth-order valence-electron chi connectivity index (χ4n) is 2.07. The number of aromatic nitrogens is 1. The van der Waals surface area contributed by atoms with Crippen LogP contribution < -0.4 is 5.32 Å². The smallest absolute Gasteiger partial charge is 0.251 e. The van der Waals surface area contributed by atoms with Gasteiger partial charge in [-0.1, -0.05) is 20.8 Å². The molecule has 0 bridgehead atoms. The number of hydrogen-bond donors (Lipinski definition) is 2. The molecule has 0 aromatic carbocycles. The van der Waals surface area contributed by atoms with Crippen molar-refractivity contribution in [2.45, 2.75) is 40.0 Å². The van der Waals surface area contributed by atoms with Gasteiger partial charge in [-0.25, -0.2) is 0 Å². The van der Waals surface area contributed by atoms with Gasteiger partial charge in [-0.3, -0.25) is 9.78 Å². The first-order chi connectivity index (χ1) is 9.12. The maximum atomic E-state index is 12.2. The number of amides is 1. The van der Waals surface area contributed by atoms with Gasteiger partial charge in [0.1, 0.15) is 0 Å². The van der Waals surface area contributed by atoms with Crippen LogP contribution in [0.4, 0.5) is 0 Å². The molecule has 4 heteroatoms. The molecule has 2 N–H and O–H groups in total. The summed E-state index contributed by atoms with van der Waals surface area (Å²) < 4.78 is 0. The molecule has 19 heavy (non-hydrogen) atoms. The molecule has 1 aromatic heterocycles. The fraction of sp³-hybridized carbons (Fsp3) is 0.600. The monoisotopic (exact) mass is 264 g/mol. The highest BCUT2D eigenvalue weighted by Crippen LogP contribution is 2.24. The average molecular weight is 264 g/mol. The minimum atomic E-state index is -0.213. The summed E-state index contributed by atoms with van der Waals surface area (Å²) in [5, 5.41) is 12.4. The molecule has 0 aliphatic rings. The van der Waals surface area contributed by atoms with Gasteiger partial charge >= 0.3 is 0 Å². The molecule has 0 unspecified atom stereocenters. The lowest BCUT2D eigenvalue weighted by molar-refractivity contribution is 0.0850. The third-order valence-corrected chi connectivity index (χ3v) is 3.99. The van der Waals surface area contributed by atoms with Gasteiger partial charge in [-0.15, -0.1) is 0 Å². The molecule has 1 amide bonds. The highest BCUT2D eigenvalue weighted by atomic mass is 16.3. The van der Waals surface area contributed by atoms with Crippen LogP contribution in [0.25, 0.3) is 0 Å². The van der Waals surface area contributed by atoms with Crippen LogP contribution in [0.15, 0.2) is 18.5 Å². The van der Waals surface area contributed by atoms with Gasteiger partial charge in [0.2, 0.25) is 0 Å². The summed E-state index contributed by atoms with van der Waals surface area (Å²) >= 11 is 0. The van der Waals surface area contributed by atoms with Crippen LogP contribution >= 0.6 is 0 Å². The number of pyridine rings is 1. The molecule has 0 fully saturated rings. The molecule has 1 aromatic rings. The molecule has 0 saturated carbocycles. The Morgan fingerprint density at radius 2 is 2.05 bits per heavy atom. The van der Waals surface area contributed by atoms with E-state index in [1.165, 1.54) is 0 Å². The van der Waals surface area contributed by atoms with E-state index in [1.807, 2.05) is 20.8 Å². The molecular formula is C15H24N2O2. The number of rotatable bonds is 7. The Balaban J connectivity index is 2.75. The van der Waals surface area contributed by atoms with Gasteiger partial charge in [0.05, 0.1) is 6.61 Å². The maximum Gasteiger partial charge on any atom is 0.251 e. The van der Waals surface area contributed by atoms with Crippen LogP contribution in [0.2, 0.25) is 0 Å². The number of carbonyl (C=O) groups is 1. The quantitative estimate of drug-likeness (QED) is 0.793. The molecule has 0 aliphatic carbocycles. The van der Waals surface area contributed by atoms with Gasteiger partial charge < -0.3 is 10.4 Å². The number of aryl methyl sites for hydroxylation is 1. The standard InChI is InChI=1S/C15H24N2O2/c1-4-12-9-16-8-7-13(12)14(19)17-10-15(5-2,6-3)11-18/h7-9,18H,4-6,10-11H2,1-3H3,(H,17,19). The zero-order valence-corrected chi connectivity index (χ0v) is 12.1. The fourth-order valence-corrected chi connectivity index (χ4v) is 2.07. The van der Waals surface area contributed by atoms with Crippen molar-refractivity contribution in [2.24, 2.45) is 5.41 Å². The van der Waals surface area contributed by atoms with Crippen LogP contribution in [-0.2, 0) is 6.42 Å². The molecule has 1 heterocycles. The second-order valence-corrected chi connectivity index (χ2v) is 4.93. The zero-order valence-electron chi connectivity index (χ0n) is 12.1. The summed E-state index contributed by atoms with van der Waals surface area (Å²) in [5.74, 6) is -0.0843. The number of hydrogen-bond acceptors (Lipinski definition) is 3. The van der Waals surface area contributed by atoms with E-state index in [4.69, 9.17) is 0 Å². The highest BCUT2D eigenvalue weighted by molar-refractivity contribution is 5.95. The van der Waals surface area contributed by atoms with Gasteiger partial charge in [-0.05, 0) is 30.9 Å². The van der Waals surface area contributed by atoms with Crippen LogP contribution in [-0.4, -0.2) is 29.1 Å². The van der Waals surface area contributed by atoms with E-state index in [1.54, 1.807) is 18.5 Å². The highest BCUT2D eigenvalue weighted by Gasteiger charge is 2.26. The number of nitrogens with zero attached hydrogens (tertiary/aromatic N) is 1. The topological polar surface area (TPSA) is 62.2 Å². The van der Waals surface area contributed by atoms with Crippen LogP contribution in [0.5, 0.6) is 0 Å². The first-order valence-electron chi connectivity index (χ1n) is 6.94. The lowest BCUT2D eigenvalue weighted by Crippen LogP contribution is -2.39. The van der Waals surface area contributed by atoms with E-state index < -0.39 is 0 Å². The minimum Gasteiger partial charge on any atom is -0.396 e. The lowest BCUT2D eigenvalue weighted by atomic mass is 9.83. The Morgan fingerprint density at radius 1 is 1.37 bits per heavy atom. The number of aliphatic hydroxyl groups excluding tert-OH is 1. The average Bonchev–Trinajstić information content (AvgIpc) is 2.49. The Hall–Kier alpha value is -1.42. The molecule has 4 nitrogen and oxygen atoms in total. The second kappa shape index (κ2) is 7.24. The summed E-state index contributed by atoms with van der Waals surface area (Å²) in [6, 6.07) is 1.74. The SMILES string of the molecule is CCc1cnccc1C(=O)NCC(CC)(CC)CO. The van der Waals surface area contributed by atoms with Crippen LogP contribution in [0, 0.1) is 5.41 Å². The zero-order chi connectivity index (χ0) is 14.3. The van der Waals surface area contributed by atoms with E-state index in [2.05, 4.69) is 10.3 Å². The van der Waals surface area contributed by atoms with Crippen molar-refractivity contribution in [1.82, 2.24) is 10.3 Å². The molecule has 1 rings (SSSR count). The van der Waals surface area contributed by atoms with Crippen LogP contribution in [0.1, 0.15) is 49.5 Å². The molecule has 0 radical (unpaired) electrons. The molecule has 0 saturated heterocycles. The third kappa shape index (κ3) is 3.77. The largest absolute Gasteiger partial charge is 0.396 e. The van der Waals surface area contributed by atoms with Gasteiger partial charge in [0, 0.05) is 29.9 Å². The Bertz CT molecular complexity index is 406. The lowest BCUT2D eigenvalue weighted by Gasteiger charge is -2.29. The van der Waals surface area contributed by atoms with Crippen molar-refractivity contribution < 1.29 is 9.90 Å². The molecule has 0 aliphatic heterocycles. The van der Waals surface area contributed by atoms with Gasteiger partial charge in [0.15, 0.2) is 0 Å². The summed E-state index contributed by atoms with van der Waals surface area (Å²) in [6.07, 6.45) is 5.83. The van der Waals surface area contributed by atoms with Crippen molar-refractivity contribution in [1.29, 1.82) is 0 Å². The first kappa shape index (κ1) is 15.6. The Labute approximate surface area is 115 Å². The van der Waals surface area contributed by atoms with E-state index >= 15 is 0 Å². The minimum absolute atomic E-state index is 0.0843. The molecule has 0 atom stereocenters. The summed E-state index contributed by atoms with van der Waals surface area (Å²) in [5.41, 5.74) is 1.41. The third-order valence-electron chi connectivity index (χ3n) is 3.99. The summed E-state index contributed by atoms with van der Waals surface area (Å²) in [6.45, 7) is 6.67. The first-order valence-corrected chi connectivity index (χ1v) is 6.94. The predicted molar refractivity (Wildman–Crippen MR) is 76.0 cm³/mol. The number of carbonyl (C=O) groups excluding carboxylic acids is 1. The van der Waals surface area contributed by atoms with Gasteiger partial charge in [-0.2, -0.15) is 0 Å². The van der Waals surface area contributed by atoms with Gasteiger partial charge in [0.25, 0.3) is 5.91 Å². The van der Waals surface area contributed by atoms with E-state index in [-0.39, 0.29) is 17.9 Å². The Kier molecular flexibility index (Phi) is 5.96. The second-order valence-electron chi connectivity index (χ2n) is 4.93. The summed E-state index contributed by atoms with van der Waals surface area (Å²) in [7, 11) is 0. The summed E-state index contributed by atoms with van der Waals surface area (Å²) in [4.78, 5) is 16.2. The van der Waals surface area contributed by atoms with Crippen molar-refractivity contribution in [3.63, 3.8) is 0 Å². The van der Waals surface area contributed by atoms with E-state index in [0.29, 0.717) is 12.1 Å². The van der Waals surface area contributed by atoms with Crippen molar-refractivity contribution >= 4 is 5.91 Å². The predicted octanol–water partition coefficient (Wildman–Crippen LogP) is 2.17. The van der Waals surface area contributed by atoms with E-state index in [9.17, 15) is 9.90 Å². The Morgan fingerprint density at radius 3 is 2.58 bits per heavy atom. The normalized spacial score (nSPS) is 11.4. The molecular weight excluding hydrogens is 240 g/mol. The number of nitrogens with one attached hydrogen (secondary N) is 1. The molecule has 106 valence electrons. The van der Waals surface area contributed by atoms with Crippen molar-refractivity contribution in [2.75, 3.05) is 13.2 Å².